The van der Waals surface area contributed by atoms with Crippen molar-refractivity contribution >= 4 is 17.3 Å². The van der Waals surface area contributed by atoms with Gasteiger partial charge in [-0.15, -0.1) is 0 Å². The largest absolute Gasteiger partial charge is 0.475 e. The van der Waals surface area contributed by atoms with Gasteiger partial charge in [0.2, 0.25) is 5.88 Å². The van der Waals surface area contributed by atoms with Crippen molar-refractivity contribution in [1.82, 2.24) is 15.3 Å². The highest BCUT2D eigenvalue weighted by molar-refractivity contribution is 5.96. The zero-order valence-corrected chi connectivity index (χ0v) is 20.6. The smallest absolute Gasteiger partial charge is 0.433 e. The average Bonchev–Trinajstić information content (AvgIpc) is 2.89. The molecule has 0 atom stereocenters. The van der Waals surface area contributed by atoms with Crippen LogP contribution in [0, 0.1) is 0 Å². The minimum Gasteiger partial charge on any atom is -0.475 e. The summed E-state index contributed by atoms with van der Waals surface area (Å²) in [6.45, 7) is 9.82. The third-order valence-corrected chi connectivity index (χ3v) is 5.42. The molecule has 2 aromatic rings. The Labute approximate surface area is 213 Å². The second kappa shape index (κ2) is 12.5. The Morgan fingerprint density at radius 3 is 2.62 bits per heavy atom. The average molecular weight is 519 g/mol. The number of pyridine rings is 2. The summed E-state index contributed by atoms with van der Waals surface area (Å²) in [4.78, 5) is 22.6. The van der Waals surface area contributed by atoms with Crippen molar-refractivity contribution in [1.29, 1.82) is 0 Å². The van der Waals surface area contributed by atoms with E-state index in [0.717, 1.165) is 6.20 Å². The van der Waals surface area contributed by atoms with E-state index >= 15 is 0 Å². The van der Waals surface area contributed by atoms with Crippen LogP contribution >= 0.6 is 0 Å². The molecule has 0 radical (unpaired) electrons. The molecule has 37 heavy (non-hydrogen) atoms. The van der Waals surface area contributed by atoms with Crippen molar-refractivity contribution in [3.05, 3.63) is 77.3 Å². The molecule has 8 nitrogen and oxygen atoms in total. The van der Waals surface area contributed by atoms with Crippen LogP contribution in [-0.4, -0.2) is 60.5 Å². The lowest BCUT2D eigenvalue weighted by Gasteiger charge is -2.28. The zero-order chi connectivity index (χ0) is 27.0. The number of morpholine rings is 1. The molecule has 0 spiro atoms. The summed E-state index contributed by atoms with van der Waals surface area (Å²) in [7, 11) is 0. The molecule has 0 aliphatic carbocycles. The molecule has 3 heterocycles. The van der Waals surface area contributed by atoms with E-state index < -0.39 is 17.8 Å². The molecule has 2 N–H and O–H groups in total. The van der Waals surface area contributed by atoms with Crippen molar-refractivity contribution in [2.75, 3.05) is 44.4 Å². The first-order valence-corrected chi connectivity index (χ1v) is 11.6. The molecule has 2 aromatic heterocycles. The molecule has 1 fully saturated rings. The van der Waals surface area contributed by atoms with E-state index in [0.29, 0.717) is 66.5 Å². The van der Waals surface area contributed by atoms with Crippen LogP contribution in [0.1, 0.15) is 35.5 Å². The Morgan fingerprint density at radius 2 is 2.00 bits per heavy atom. The van der Waals surface area contributed by atoms with E-state index in [4.69, 9.17) is 9.47 Å². The minimum absolute atomic E-state index is 0.0626. The van der Waals surface area contributed by atoms with Crippen LogP contribution < -0.4 is 15.0 Å². The van der Waals surface area contributed by atoms with Crippen LogP contribution in [0.2, 0.25) is 0 Å². The lowest BCUT2D eigenvalue weighted by atomic mass is 9.99. The summed E-state index contributed by atoms with van der Waals surface area (Å²) >= 11 is 0. The Hall–Kier alpha value is -3.70. The number of anilines is 1. The number of rotatable bonds is 9. The second-order valence-electron chi connectivity index (χ2n) is 8.19. The van der Waals surface area contributed by atoms with E-state index in [9.17, 15) is 23.1 Å². The van der Waals surface area contributed by atoms with Crippen LogP contribution in [0.5, 0.6) is 5.88 Å². The molecule has 3 rings (SSSR count). The van der Waals surface area contributed by atoms with Gasteiger partial charge in [0, 0.05) is 36.6 Å². The number of hydrogen-bond acceptors (Lipinski definition) is 7. The van der Waals surface area contributed by atoms with Gasteiger partial charge in [0.15, 0.2) is 0 Å². The number of carbonyl (C=O) groups excluding carboxylic acids is 1. The van der Waals surface area contributed by atoms with Gasteiger partial charge in [-0.05, 0) is 49.3 Å². The second-order valence-corrected chi connectivity index (χ2v) is 8.19. The van der Waals surface area contributed by atoms with Crippen molar-refractivity contribution < 1.29 is 32.5 Å². The first-order valence-electron chi connectivity index (χ1n) is 11.6. The standard InChI is InChI=1S/C26H29F3N4O4/c1-4-20(31-25(35)18-5-6-30-22(13-18)26(27,28)29)16-21(17(2)3)19-14-23(33-7-10-36-11-8-33)32-24(15-19)37-12-9-34/h4-6,13-16,34H,2,7-12H2,1,3H3,(H,31,35). The molecule has 0 bridgehead atoms. The predicted molar refractivity (Wildman–Crippen MR) is 133 cm³/mol. The van der Waals surface area contributed by atoms with Crippen molar-refractivity contribution in [3.63, 3.8) is 0 Å². The van der Waals surface area contributed by atoms with Gasteiger partial charge in [-0.3, -0.25) is 9.78 Å². The Morgan fingerprint density at radius 1 is 1.27 bits per heavy atom. The molecule has 11 heteroatoms. The fourth-order valence-electron chi connectivity index (χ4n) is 3.56. The number of allylic oxidation sites excluding steroid dienone is 4. The number of aromatic nitrogens is 2. The van der Waals surface area contributed by atoms with E-state index in [-0.39, 0.29) is 18.8 Å². The third-order valence-electron chi connectivity index (χ3n) is 5.42. The van der Waals surface area contributed by atoms with Crippen molar-refractivity contribution in [2.24, 2.45) is 0 Å². The monoisotopic (exact) mass is 518 g/mol. The molecule has 0 unspecified atom stereocenters. The first-order chi connectivity index (χ1) is 17.6. The maximum Gasteiger partial charge on any atom is 0.433 e. The maximum atomic E-state index is 13.0. The van der Waals surface area contributed by atoms with Crippen LogP contribution in [0.3, 0.4) is 0 Å². The number of aliphatic hydroxyl groups is 1. The van der Waals surface area contributed by atoms with Gasteiger partial charge in [0.25, 0.3) is 5.91 Å². The maximum absolute atomic E-state index is 13.0. The van der Waals surface area contributed by atoms with Gasteiger partial charge < -0.3 is 24.8 Å². The number of nitrogens with zero attached hydrogens (tertiary/aromatic N) is 3. The van der Waals surface area contributed by atoms with Gasteiger partial charge in [0.1, 0.15) is 18.1 Å². The predicted octanol–water partition coefficient (Wildman–Crippen LogP) is 4.00. The molecule has 0 aromatic carbocycles. The number of aliphatic hydroxyl groups excluding tert-OH is 1. The molecule has 1 amide bonds. The molecule has 1 aliphatic heterocycles. The lowest BCUT2D eigenvalue weighted by Crippen LogP contribution is -2.36. The molecule has 1 aliphatic rings. The van der Waals surface area contributed by atoms with Crippen LogP contribution in [0.15, 0.2) is 60.5 Å². The number of carbonyl (C=O) groups is 1. The van der Waals surface area contributed by atoms with E-state index in [2.05, 4.69) is 26.8 Å². The summed E-state index contributed by atoms with van der Waals surface area (Å²) in [5, 5.41) is 11.8. The fourth-order valence-corrected chi connectivity index (χ4v) is 3.56. The summed E-state index contributed by atoms with van der Waals surface area (Å²) in [5.41, 5.74) is 1.06. The van der Waals surface area contributed by atoms with Gasteiger partial charge in [-0.1, -0.05) is 18.2 Å². The highest BCUT2D eigenvalue weighted by Crippen LogP contribution is 2.30. The fraction of sp³-hybridized carbons (Fsp3) is 0.346. The summed E-state index contributed by atoms with van der Waals surface area (Å²) in [6.07, 6.45) is -0.414. The highest BCUT2D eigenvalue weighted by Gasteiger charge is 2.33. The van der Waals surface area contributed by atoms with Gasteiger partial charge in [0.05, 0.1) is 19.8 Å². The minimum atomic E-state index is -4.66. The normalized spacial score (nSPS) is 14.9. The third kappa shape index (κ3) is 7.64. The summed E-state index contributed by atoms with van der Waals surface area (Å²) in [5.74, 6) is 0.250. The van der Waals surface area contributed by atoms with Gasteiger partial charge in [-0.2, -0.15) is 18.2 Å². The topological polar surface area (TPSA) is 96.8 Å². The van der Waals surface area contributed by atoms with Crippen LogP contribution in [-0.2, 0) is 10.9 Å². The van der Waals surface area contributed by atoms with E-state index in [1.807, 2.05) is 6.07 Å². The van der Waals surface area contributed by atoms with Crippen molar-refractivity contribution in [3.8, 4) is 5.88 Å². The number of halogens is 3. The van der Waals surface area contributed by atoms with Crippen LogP contribution in [0.4, 0.5) is 19.0 Å². The lowest BCUT2D eigenvalue weighted by molar-refractivity contribution is -0.141. The SMILES string of the molecule is C=C(C)C(=CC(=CC)NC(=O)c1ccnc(C(F)(F)F)c1)c1cc(OCCO)nc(N2CCOCC2)c1. The number of amides is 1. The molecule has 198 valence electrons. The first kappa shape index (κ1) is 27.9. The Balaban J connectivity index is 1.94. The van der Waals surface area contributed by atoms with Gasteiger partial charge in [-0.25, -0.2) is 0 Å². The van der Waals surface area contributed by atoms with Crippen LogP contribution in [0.25, 0.3) is 5.57 Å². The zero-order valence-electron chi connectivity index (χ0n) is 20.6. The molecular weight excluding hydrogens is 489 g/mol. The molecule has 0 saturated carbocycles. The number of ether oxygens (including phenoxy) is 2. The van der Waals surface area contributed by atoms with Gasteiger partial charge >= 0.3 is 6.18 Å². The highest BCUT2D eigenvalue weighted by atomic mass is 19.4. The van der Waals surface area contributed by atoms with E-state index in [1.54, 1.807) is 32.1 Å². The number of alkyl halides is 3. The molecule has 1 saturated heterocycles. The summed E-state index contributed by atoms with van der Waals surface area (Å²) < 4.78 is 50.1. The Kier molecular flexibility index (Phi) is 9.42. The number of hydrogen-bond donors (Lipinski definition) is 2. The molecular formula is C26H29F3N4O4. The van der Waals surface area contributed by atoms with Crippen molar-refractivity contribution in [2.45, 2.75) is 20.0 Å². The quantitative estimate of drug-likeness (QED) is 0.485. The van der Waals surface area contributed by atoms with E-state index in [1.165, 1.54) is 6.07 Å². The number of nitrogens with one attached hydrogen (secondary N) is 1. The Bertz CT molecular complexity index is 1190. The summed E-state index contributed by atoms with van der Waals surface area (Å²) in [6, 6.07) is 5.48.